The van der Waals surface area contributed by atoms with Crippen LogP contribution in [0.2, 0.25) is 0 Å². The summed E-state index contributed by atoms with van der Waals surface area (Å²) in [5, 5.41) is 9.10. The molecule has 0 aliphatic carbocycles. The van der Waals surface area contributed by atoms with E-state index in [2.05, 4.69) is 31.2 Å². The molecule has 21 heavy (non-hydrogen) atoms. The van der Waals surface area contributed by atoms with Crippen LogP contribution in [-0.4, -0.2) is 17.2 Å². The molecule has 0 aromatic heterocycles. The minimum absolute atomic E-state index is 0.509. The van der Waals surface area contributed by atoms with Crippen molar-refractivity contribution >= 4 is 5.97 Å². The van der Waals surface area contributed by atoms with E-state index in [9.17, 15) is 4.79 Å². The van der Waals surface area contributed by atoms with Crippen LogP contribution in [0.15, 0.2) is 48.5 Å². The fourth-order valence-corrected chi connectivity index (χ4v) is 2.13. The largest absolute Gasteiger partial charge is 0.479 e. The molecule has 0 saturated carbocycles. The Morgan fingerprint density at radius 3 is 2.05 bits per heavy atom. The van der Waals surface area contributed by atoms with Crippen LogP contribution in [0.4, 0.5) is 0 Å². The van der Waals surface area contributed by atoms with Crippen LogP contribution in [0, 0.1) is 6.92 Å². The normalized spacial score (nSPS) is 11.9. The van der Waals surface area contributed by atoms with Crippen LogP contribution >= 0.6 is 0 Å². The molecule has 0 amide bonds. The molecule has 1 atom stereocenters. The predicted molar refractivity (Wildman–Crippen MR) is 83.6 cm³/mol. The highest BCUT2D eigenvalue weighted by Gasteiger charge is 2.17. The van der Waals surface area contributed by atoms with Gasteiger partial charge in [-0.25, -0.2) is 4.79 Å². The molecule has 110 valence electrons. The minimum Gasteiger partial charge on any atom is -0.479 e. The number of aliphatic carboxylic acids is 1. The zero-order chi connectivity index (χ0) is 15.2. The highest BCUT2D eigenvalue weighted by Crippen LogP contribution is 2.23. The van der Waals surface area contributed by atoms with Crippen LogP contribution in [0.3, 0.4) is 0 Å². The zero-order valence-electron chi connectivity index (χ0n) is 12.4. The minimum atomic E-state index is -0.917. The van der Waals surface area contributed by atoms with E-state index in [4.69, 9.17) is 9.84 Å². The molecule has 3 nitrogen and oxygen atoms in total. The van der Waals surface area contributed by atoms with Crippen molar-refractivity contribution in [1.82, 2.24) is 0 Å². The second-order valence-corrected chi connectivity index (χ2v) is 5.12. The molecule has 1 N–H and O–H groups in total. The van der Waals surface area contributed by atoms with Crippen molar-refractivity contribution in [1.29, 1.82) is 0 Å². The zero-order valence-corrected chi connectivity index (χ0v) is 12.4. The predicted octanol–water partition coefficient (Wildman–Crippen LogP) is 4.29. The lowest BCUT2D eigenvalue weighted by Gasteiger charge is -2.14. The van der Waals surface area contributed by atoms with Gasteiger partial charge in [0.1, 0.15) is 5.75 Å². The molecule has 0 aliphatic rings. The molecule has 2 aromatic rings. The van der Waals surface area contributed by atoms with Gasteiger partial charge in [0.25, 0.3) is 0 Å². The van der Waals surface area contributed by atoms with Crippen LogP contribution in [0.1, 0.15) is 25.3 Å². The van der Waals surface area contributed by atoms with Gasteiger partial charge in [0.15, 0.2) is 6.10 Å². The van der Waals surface area contributed by atoms with Crippen molar-refractivity contribution in [3.63, 3.8) is 0 Å². The van der Waals surface area contributed by atoms with Crippen LogP contribution in [-0.2, 0) is 4.79 Å². The molecule has 0 radical (unpaired) electrons. The van der Waals surface area contributed by atoms with Crippen molar-refractivity contribution in [3.8, 4) is 16.9 Å². The Hall–Kier alpha value is -2.29. The lowest BCUT2D eigenvalue weighted by molar-refractivity contribution is -0.145. The Bertz CT molecular complexity index is 585. The van der Waals surface area contributed by atoms with Crippen LogP contribution < -0.4 is 4.74 Å². The molecule has 0 fully saturated rings. The first kappa shape index (κ1) is 15.1. The summed E-state index contributed by atoms with van der Waals surface area (Å²) in [6, 6.07) is 15.8. The smallest absolute Gasteiger partial charge is 0.344 e. The van der Waals surface area contributed by atoms with Gasteiger partial charge >= 0.3 is 5.97 Å². The molecular weight excluding hydrogens is 264 g/mol. The Kier molecular flexibility index (Phi) is 4.99. The van der Waals surface area contributed by atoms with Crippen molar-refractivity contribution in [2.45, 2.75) is 32.8 Å². The number of benzene rings is 2. The van der Waals surface area contributed by atoms with Gasteiger partial charge in [0.2, 0.25) is 0 Å². The fourth-order valence-electron chi connectivity index (χ4n) is 2.13. The molecule has 2 rings (SSSR count). The van der Waals surface area contributed by atoms with E-state index >= 15 is 0 Å². The summed E-state index contributed by atoms with van der Waals surface area (Å²) in [7, 11) is 0. The molecule has 0 aliphatic heterocycles. The average Bonchev–Trinajstić information content (AvgIpc) is 2.48. The first-order valence-electron chi connectivity index (χ1n) is 7.16. The summed E-state index contributed by atoms with van der Waals surface area (Å²) >= 11 is 0. The quantitative estimate of drug-likeness (QED) is 0.860. The average molecular weight is 284 g/mol. The van der Waals surface area contributed by atoms with E-state index in [1.165, 1.54) is 5.56 Å². The van der Waals surface area contributed by atoms with E-state index in [0.717, 1.165) is 17.5 Å². The summed E-state index contributed by atoms with van der Waals surface area (Å²) in [6.45, 7) is 4.00. The number of carboxylic acid groups (broad SMARTS) is 1. The number of carbonyl (C=O) groups is 1. The highest BCUT2D eigenvalue weighted by atomic mass is 16.5. The van der Waals surface area contributed by atoms with Crippen LogP contribution in [0.5, 0.6) is 5.75 Å². The highest BCUT2D eigenvalue weighted by molar-refractivity contribution is 5.72. The molecule has 0 heterocycles. The number of hydrogen-bond acceptors (Lipinski definition) is 2. The van der Waals surface area contributed by atoms with Gasteiger partial charge in [-0.2, -0.15) is 0 Å². The summed E-state index contributed by atoms with van der Waals surface area (Å²) in [6.07, 6.45) is 0.508. The number of rotatable bonds is 6. The van der Waals surface area contributed by atoms with E-state index in [1.54, 1.807) is 0 Å². The number of aryl methyl sites for hydroxylation is 1. The summed E-state index contributed by atoms with van der Waals surface area (Å²) < 4.78 is 5.53. The van der Waals surface area contributed by atoms with Crippen molar-refractivity contribution in [2.24, 2.45) is 0 Å². The molecule has 2 aromatic carbocycles. The molecule has 0 bridgehead atoms. The third kappa shape index (κ3) is 4.09. The van der Waals surface area contributed by atoms with Gasteiger partial charge in [-0.1, -0.05) is 55.3 Å². The lowest BCUT2D eigenvalue weighted by Crippen LogP contribution is -2.26. The molecule has 0 spiro atoms. The maximum absolute atomic E-state index is 11.1. The van der Waals surface area contributed by atoms with Crippen molar-refractivity contribution < 1.29 is 14.6 Å². The number of hydrogen-bond donors (Lipinski definition) is 1. The van der Waals surface area contributed by atoms with E-state index < -0.39 is 12.1 Å². The number of ether oxygens (including phenoxy) is 1. The van der Waals surface area contributed by atoms with Crippen molar-refractivity contribution in [2.75, 3.05) is 0 Å². The third-order valence-corrected chi connectivity index (χ3v) is 3.34. The van der Waals surface area contributed by atoms with Gasteiger partial charge in [-0.15, -0.1) is 0 Å². The fraction of sp³-hybridized carbons (Fsp3) is 0.278. The summed E-state index contributed by atoms with van der Waals surface area (Å²) in [5.41, 5.74) is 3.45. The topological polar surface area (TPSA) is 46.5 Å². The van der Waals surface area contributed by atoms with E-state index in [1.807, 2.05) is 31.2 Å². The molecular formula is C18H20O3. The second-order valence-electron chi connectivity index (χ2n) is 5.12. The van der Waals surface area contributed by atoms with Gasteiger partial charge in [-0.05, 0) is 36.6 Å². The Labute approximate surface area is 125 Å². The number of carboxylic acids is 1. The van der Waals surface area contributed by atoms with Gasteiger partial charge in [0, 0.05) is 0 Å². The van der Waals surface area contributed by atoms with E-state index in [-0.39, 0.29) is 0 Å². The first-order chi connectivity index (χ1) is 10.1. The maximum atomic E-state index is 11.1. The van der Waals surface area contributed by atoms with Gasteiger partial charge < -0.3 is 9.84 Å². The second kappa shape index (κ2) is 6.93. The van der Waals surface area contributed by atoms with Crippen LogP contribution in [0.25, 0.3) is 11.1 Å². The maximum Gasteiger partial charge on any atom is 0.344 e. The third-order valence-electron chi connectivity index (χ3n) is 3.34. The standard InChI is InChI=1S/C18H20O3/c1-3-4-17(18(19)20)21-16-11-9-15(10-12-16)14-7-5-13(2)6-8-14/h5-12,17H,3-4H2,1-2H3,(H,19,20). The Morgan fingerprint density at radius 2 is 1.57 bits per heavy atom. The SMILES string of the molecule is CCCC(Oc1ccc(-c2ccc(C)cc2)cc1)C(=O)O. The monoisotopic (exact) mass is 284 g/mol. The lowest BCUT2D eigenvalue weighted by atomic mass is 10.0. The van der Waals surface area contributed by atoms with Gasteiger partial charge in [-0.3, -0.25) is 0 Å². The molecule has 1 unspecified atom stereocenters. The summed E-state index contributed by atoms with van der Waals surface area (Å²) in [4.78, 5) is 11.1. The van der Waals surface area contributed by atoms with Crippen molar-refractivity contribution in [3.05, 3.63) is 54.1 Å². The molecule has 0 saturated heterocycles. The Balaban J connectivity index is 2.11. The first-order valence-corrected chi connectivity index (χ1v) is 7.16. The molecule has 3 heteroatoms. The van der Waals surface area contributed by atoms with E-state index in [0.29, 0.717) is 12.2 Å². The summed E-state index contributed by atoms with van der Waals surface area (Å²) in [5.74, 6) is -0.328. The van der Waals surface area contributed by atoms with Gasteiger partial charge in [0.05, 0.1) is 0 Å². The Morgan fingerprint density at radius 1 is 1.05 bits per heavy atom.